The molecule has 1 atom stereocenters. The lowest BCUT2D eigenvalue weighted by atomic mass is 9.97. The Morgan fingerprint density at radius 3 is 3.00 bits per heavy atom. The number of rotatable bonds is 4. The first kappa shape index (κ1) is 18.7. The fourth-order valence-electron chi connectivity index (χ4n) is 3.66. The summed E-state index contributed by atoms with van der Waals surface area (Å²) in [7, 11) is 0. The van der Waals surface area contributed by atoms with Crippen LogP contribution in [0.15, 0.2) is 53.2 Å². The fraction of sp³-hybridized carbons (Fsp3) is 0.318. The quantitative estimate of drug-likeness (QED) is 0.645. The second kappa shape index (κ2) is 8.15. The average Bonchev–Trinajstić information content (AvgIpc) is 3.16. The Morgan fingerprint density at radius 2 is 2.18 bits per heavy atom. The fourth-order valence-corrected chi connectivity index (χ4v) is 3.88. The first-order chi connectivity index (χ1) is 13.6. The molecule has 28 heavy (non-hydrogen) atoms. The van der Waals surface area contributed by atoms with Crippen molar-refractivity contribution in [3.05, 3.63) is 82.3 Å². The summed E-state index contributed by atoms with van der Waals surface area (Å²) in [6.45, 7) is 3.26. The highest BCUT2D eigenvalue weighted by atomic mass is 35.5. The molecule has 0 spiro atoms. The van der Waals surface area contributed by atoms with Crippen LogP contribution >= 0.6 is 11.6 Å². The molecule has 1 aromatic carbocycles. The molecule has 0 aliphatic carbocycles. The predicted octanol–water partition coefficient (Wildman–Crippen LogP) is 4.64. The lowest BCUT2D eigenvalue weighted by molar-refractivity contribution is 0.0691. The van der Waals surface area contributed by atoms with Crippen molar-refractivity contribution < 1.29 is 9.21 Å². The van der Waals surface area contributed by atoms with Gasteiger partial charge in [-0.25, -0.2) is 4.98 Å². The number of halogens is 1. The molecule has 2 aromatic heterocycles. The van der Waals surface area contributed by atoms with Gasteiger partial charge >= 0.3 is 0 Å². The van der Waals surface area contributed by atoms with E-state index in [9.17, 15) is 4.79 Å². The van der Waals surface area contributed by atoms with E-state index in [1.165, 1.54) is 0 Å². The highest BCUT2D eigenvalue weighted by Gasteiger charge is 2.29. The van der Waals surface area contributed by atoms with Crippen molar-refractivity contribution in [2.45, 2.75) is 32.1 Å². The zero-order valence-corrected chi connectivity index (χ0v) is 16.5. The molecule has 0 N–H and O–H groups in total. The maximum absolute atomic E-state index is 12.9. The third-order valence-electron chi connectivity index (χ3n) is 5.11. The number of aromatic nitrogens is 2. The SMILES string of the molecule is Cc1cccnc1C(=O)N1CCCC(c2ncc(Cc3cccc(Cl)c3)o2)C1. The van der Waals surface area contributed by atoms with Crippen LogP contribution in [0.3, 0.4) is 0 Å². The van der Waals surface area contributed by atoms with Crippen LogP contribution in [0.2, 0.25) is 5.02 Å². The van der Waals surface area contributed by atoms with E-state index in [1.54, 1.807) is 12.4 Å². The van der Waals surface area contributed by atoms with Crippen molar-refractivity contribution in [1.29, 1.82) is 0 Å². The summed E-state index contributed by atoms with van der Waals surface area (Å²) in [5.74, 6) is 1.59. The number of likely N-dealkylation sites (tertiary alicyclic amines) is 1. The molecule has 5 nitrogen and oxygen atoms in total. The first-order valence-electron chi connectivity index (χ1n) is 9.50. The molecule has 144 valence electrons. The van der Waals surface area contributed by atoms with Crippen LogP contribution < -0.4 is 0 Å². The molecule has 1 fully saturated rings. The number of amides is 1. The zero-order chi connectivity index (χ0) is 19.5. The largest absolute Gasteiger partial charge is 0.445 e. The molecule has 1 aliphatic heterocycles. The number of oxazole rings is 1. The van der Waals surface area contributed by atoms with Gasteiger partial charge in [0.1, 0.15) is 11.5 Å². The smallest absolute Gasteiger partial charge is 0.272 e. The number of hydrogen-bond donors (Lipinski definition) is 0. The number of aryl methyl sites for hydroxylation is 1. The van der Waals surface area contributed by atoms with E-state index in [-0.39, 0.29) is 11.8 Å². The van der Waals surface area contributed by atoms with Crippen molar-refractivity contribution in [3.63, 3.8) is 0 Å². The van der Waals surface area contributed by atoms with Gasteiger partial charge in [-0.15, -0.1) is 0 Å². The van der Waals surface area contributed by atoms with Crippen LogP contribution in [-0.2, 0) is 6.42 Å². The lowest BCUT2D eigenvalue weighted by Gasteiger charge is -2.31. The van der Waals surface area contributed by atoms with Crippen molar-refractivity contribution in [2.75, 3.05) is 13.1 Å². The third kappa shape index (κ3) is 4.09. The predicted molar refractivity (Wildman–Crippen MR) is 108 cm³/mol. The van der Waals surface area contributed by atoms with Gasteiger partial charge in [0.25, 0.3) is 5.91 Å². The highest BCUT2D eigenvalue weighted by molar-refractivity contribution is 6.30. The van der Waals surface area contributed by atoms with Gasteiger partial charge in [-0.05, 0) is 49.1 Å². The van der Waals surface area contributed by atoms with Gasteiger partial charge in [0, 0.05) is 30.7 Å². The molecule has 3 aromatic rings. The Bertz CT molecular complexity index is 985. The molecule has 0 saturated carbocycles. The lowest BCUT2D eigenvalue weighted by Crippen LogP contribution is -2.39. The molecule has 0 bridgehead atoms. The Labute approximate surface area is 169 Å². The highest BCUT2D eigenvalue weighted by Crippen LogP contribution is 2.28. The Balaban J connectivity index is 1.46. The Kier molecular flexibility index (Phi) is 5.44. The van der Waals surface area contributed by atoms with E-state index in [0.717, 1.165) is 36.3 Å². The molecule has 3 heterocycles. The van der Waals surface area contributed by atoms with E-state index in [2.05, 4.69) is 9.97 Å². The maximum atomic E-state index is 12.9. The first-order valence-corrected chi connectivity index (χ1v) is 9.88. The van der Waals surface area contributed by atoms with Crippen molar-refractivity contribution in [3.8, 4) is 0 Å². The number of pyridine rings is 1. The maximum Gasteiger partial charge on any atom is 0.272 e. The van der Waals surface area contributed by atoms with Gasteiger partial charge in [0.05, 0.1) is 12.1 Å². The van der Waals surface area contributed by atoms with Crippen LogP contribution in [0.5, 0.6) is 0 Å². The van der Waals surface area contributed by atoms with E-state index in [0.29, 0.717) is 29.6 Å². The standard InChI is InChI=1S/C22H22ClN3O2/c1-15-5-3-9-24-20(15)22(27)26-10-4-7-17(14-26)21-25-13-19(28-21)12-16-6-2-8-18(23)11-16/h2-3,5-6,8-9,11,13,17H,4,7,10,12,14H2,1H3. The number of carbonyl (C=O) groups is 1. The van der Waals surface area contributed by atoms with Crippen LogP contribution in [0.4, 0.5) is 0 Å². The Morgan fingerprint density at radius 1 is 1.29 bits per heavy atom. The molecule has 1 aliphatic rings. The molecule has 1 unspecified atom stereocenters. The summed E-state index contributed by atoms with van der Waals surface area (Å²) in [6.07, 6.45) is 5.98. The summed E-state index contributed by atoms with van der Waals surface area (Å²) in [5, 5.41) is 0.712. The molecular formula is C22H22ClN3O2. The Hall–Kier alpha value is -2.66. The van der Waals surface area contributed by atoms with Crippen LogP contribution in [0.1, 0.15) is 52.0 Å². The van der Waals surface area contributed by atoms with Gasteiger partial charge in [-0.3, -0.25) is 9.78 Å². The van der Waals surface area contributed by atoms with Crippen molar-refractivity contribution in [2.24, 2.45) is 0 Å². The molecule has 6 heteroatoms. The summed E-state index contributed by atoms with van der Waals surface area (Å²) in [6, 6.07) is 11.5. The van der Waals surface area contributed by atoms with Gasteiger partial charge in [-0.2, -0.15) is 0 Å². The normalized spacial score (nSPS) is 16.9. The third-order valence-corrected chi connectivity index (χ3v) is 5.34. The van der Waals surface area contributed by atoms with E-state index in [1.807, 2.05) is 48.2 Å². The van der Waals surface area contributed by atoms with Crippen LogP contribution in [-0.4, -0.2) is 33.9 Å². The number of benzene rings is 1. The summed E-state index contributed by atoms with van der Waals surface area (Å²) in [5.41, 5.74) is 2.51. The minimum Gasteiger partial charge on any atom is -0.445 e. The average molecular weight is 396 g/mol. The number of nitrogens with zero attached hydrogens (tertiary/aromatic N) is 3. The number of hydrogen-bond acceptors (Lipinski definition) is 4. The van der Waals surface area contributed by atoms with Gasteiger partial charge in [0.15, 0.2) is 5.89 Å². The summed E-state index contributed by atoms with van der Waals surface area (Å²) >= 11 is 6.06. The van der Waals surface area contributed by atoms with Crippen molar-refractivity contribution >= 4 is 17.5 Å². The summed E-state index contributed by atoms with van der Waals surface area (Å²) in [4.78, 5) is 23.5. The molecular weight excluding hydrogens is 374 g/mol. The molecule has 1 saturated heterocycles. The second-order valence-corrected chi connectivity index (χ2v) is 7.67. The van der Waals surface area contributed by atoms with Gasteiger partial charge < -0.3 is 9.32 Å². The molecule has 4 rings (SSSR count). The molecule has 0 radical (unpaired) electrons. The van der Waals surface area contributed by atoms with Crippen molar-refractivity contribution in [1.82, 2.24) is 14.9 Å². The minimum atomic E-state index is -0.0199. The molecule has 1 amide bonds. The van der Waals surface area contributed by atoms with E-state index < -0.39 is 0 Å². The second-order valence-electron chi connectivity index (χ2n) is 7.23. The van der Waals surface area contributed by atoms with Crippen LogP contribution in [0, 0.1) is 6.92 Å². The topological polar surface area (TPSA) is 59.2 Å². The minimum absolute atomic E-state index is 0.0199. The number of piperidine rings is 1. The summed E-state index contributed by atoms with van der Waals surface area (Å²) < 4.78 is 6.02. The van der Waals surface area contributed by atoms with Crippen LogP contribution in [0.25, 0.3) is 0 Å². The van der Waals surface area contributed by atoms with E-state index in [4.69, 9.17) is 16.0 Å². The number of carbonyl (C=O) groups excluding carboxylic acids is 1. The van der Waals surface area contributed by atoms with Gasteiger partial charge in [-0.1, -0.05) is 29.8 Å². The van der Waals surface area contributed by atoms with E-state index >= 15 is 0 Å². The van der Waals surface area contributed by atoms with Gasteiger partial charge in [0.2, 0.25) is 0 Å². The monoisotopic (exact) mass is 395 g/mol. The zero-order valence-electron chi connectivity index (χ0n) is 15.8.